The SMILES string of the molecule is CCCN1CCC(NC(=NC)NCC(C)Oc2ccccc2OC)CC1. The maximum Gasteiger partial charge on any atom is 0.191 e. The molecule has 1 aromatic carbocycles. The first-order valence-corrected chi connectivity index (χ1v) is 9.65. The van der Waals surface area contributed by atoms with Crippen LogP contribution in [0, 0.1) is 0 Å². The number of para-hydroxylation sites is 2. The average molecular weight is 363 g/mol. The molecule has 1 aliphatic rings. The highest BCUT2D eigenvalue weighted by atomic mass is 16.5. The van der Waals surface area contributed by atoms with Crippen molar-refractivity contribution in [3.63, 3.8) is 0 Å². The summed E-state index contributed by atoms with van der Waals surface area (Å²) in [4.78, 5) is 6.89. The van der Waals surface area contributed by atoms with Crippen LogP contribution in [0.3, 0.4) is 0 Å². The maximum absolute atomic E-state index is 5.99. The molecule has 1 fully saturated rings. The number of likely N-dealkylation sites (tertiary alicyclic amines) is 1. The predicted octanol–water partition coefficient (Wildman–Crippen LogP) is 2.50. The van der Waals surface area contributed by atoms with Gasteiger partial charge in [-0.25, -0.2) is 0 Å². The van der Waals surface area contributed by atoms with E-state index in [1.807, 2.05) is 38.2 Å². The third-order valence-electron chi connectivity index (χ3n) is 4.65. The van der Waals surface area contributed by atoms with Crippen molar-refractivity contribution in [3.05, 3.63) is 24.3 Å². The number of benzene rings is 1. The van der Waals surface area contributed by atoms with E-state index in [9.17, 15) is 0 Å². The molecule has 0 saturated carbocycles. The molecule has 1 unspecified atom stereocenters. The molecule has 6 heteroatoms. The number of rotatable bonds is 8. The lowest BCUT2D eigenvalue weighted by Gasteiger charge is -2.33. The molecule has 0 radical (unpaired) electrons. The average Bonchev–Trinajstić information content (AvgIpc) is 2.67. The number of guanidine groups is 1. The molecule has 2 rings (SSSR count). The van der Waals surface area contributed by atoms with Gasteiger partial charge in [0.1, 0.15) is 6.10 Å². The first kappa shape index (κ1) is 20.4. The van der Waals surface area contributed by atoms with Crippen LogP contribution in [0.25, 0.3) is 0 Å². The summed E-state index contributed by atoms with van der Waals surface area (Å²) in [6, 6.07) is 8.20. The Balaban J connectivity index is 1.74. The summed E-state index contributed by atoms with van der Waals surface area (Å²) >= 11 is 0. The van der Waals surface area contributed by atoms with Gasteiger partial charge in [0.2, 0.25) is 0 Å². The maximum atomic E-state index is 5.99. The highest BCUT2D eigenvalue weighted by molar-refractivity contribution is 5.80. The number of nitrogens with zero attached hydrogens (tertiary/aromatic N) is 2. The Kier molecular flexibility index (Phi) is 8.54. The second kappa shape index (κ2) is 10.9. The second-order valence-electron chi connectivity index (χ2n) is 6.79. The van der Waals surface area contributed by atoms with Gasteiger partial charge in [-0.1, -0.05) is 19.1 Å². The van der Waals surface area contributed by atoms with Crippen LogP contribution in [0.2, 0.25) is 0 Å². The summed E-state index contributed by atoms with van der Waals surface area (Å²) in [5.41, 5.74) is 0. The third-order valence-corrected chi connectivity index (χ3v) is 4.65. The third kappa shape index (κ3) is 6.41. The molecule has 0 spiro atoms. The Bertz CT molecular complexity index is 556. The summed E-state index contributed by atoms with van der Waals surface area (Å²) in [5, 5.41) is 6.91. The van der Waals surface area contributed by atoms with E-state index >= 15 is 0 Å². The largest absolute Gasteiger partial charge is 0.493 e. The molecule has 1 atom stereocenters. The second-order valence-corrected chi connectivity index (χ2v) is 6.79. The van der Waals surface area contributed by atoms with E-state index in [0.717, 1.165) is 43.4 Å². The van der Waals surface area contributed by atoms with Gasteiger partial charge >= 0.3 is 0 Å². The van der Waals surface area contributed by atoms with Gasteiger partial charge in [-0.15, -0.1) is 0 Å². The monoisotopic (exact) mass is 362 g/mol. The van der Waals surface area contributed by atoms with Gasteiger partial charge in [-0.05, 0) is 44.9 Å². The molecule has 0 aromatic heterocycles. The van der Waals surface area contributed by atoms with Gasteiger partial charge in [0.25, 0.3) is 0 Å². The van der Waals surface area contributed by atoms with Crippen molar-refractivity contribution in [2.24, 2.45) is 4.99 Å². The minimum atomic E-state index is -0.00347. The highest BCUT2D eigenvalue weighted by Gasteiger charge is 2.19. The number of piperidine rings is 1. The number of hydrogen-bond acceptors (Lipinski definition) is 4. The lowest BCUT2D eigenvalue weighted by Crippen LogP contribution is -2.50. The number of aliphatic imine (C=N–C) groups is 1. The molecule has 1 aliphatic heterocycles. The molecular formula is C20H34N4O2. The lowest BCUT2D eigenvalue weighted by molar-refractivity contribution is 0.204. The Morgan fingerprint density at radius 2 is 1.96 bits per heavy atom. The van der Waals surface area contributed by atoms with Gasteiger partial charge in [0.15, 0.2) is 17.5 Å². The molecule has 1 aromatic rings. The van der Waals surface area contributed by atoms with E-state index in [4.69, 9.17) is 9.47 Å². The molecule has 0 bridgehead atoms. The summed E-state index contributed by atoms with van der Waals surface area (Å²) in [7, 11) is 3.47. The van der Waals surface area contributed by atoms with Gasteiger partial charge < -0.3 is 25.0 Å². The Morgan fingerprint density at radius 3 is 2.58 bits per heavy atom. The van der Waals surface area contributed by atoms with Gasteiger partial charge in [-0.3, -0.25) is 4.99 Å². The molecule has 0 aliphatic carbocycles. The smallest absolute Gasteiger partial charge is 0.191 e. The normalized spacial score (nSPS) is 17.6. The Labute approximate surface area is 158 Å². The first-order chi connectivity index (χ1) is 12.7. The Morgan fingerprint density at radius 1 is 1.27 bits per heavy atom. The molecule has 0 amide bonds. The van der Waals surface area contributed by atoms with E-state index in [-0.39, 0.29) is 6.10 Å². The Hall–Kier alpha value is -1.95. The van der Waals surface area contributed by atoms with Crippen molar-refractivity contribution < 1.29 is 9.47 Å². The van der Waals surface area contributed by atoms with Crippen LogP contribution < -0.4 is 20.1 Å². The fraction of sp³-hybridized carbons (Fsp3) is 0.650. The molecule has 1 saturated heterocycles. The molecule has 2 N–H and O–H groups in total. The van der Waals surface area contributed by atoms with Gasteiger partial charge in [-0.2, -0.15) is 0 Å². The van der Waals surface area contributed by atoms with Crippen LogP contribution >= 0.6 is 0 Å². The highest BCUT2D eigenvalue weighted by Crippen LogP contribution is 2.26. The van der Waals surface area contributed by atoms with Crippen molar-refractivity contribution in [1.82, 2.24) is 15.5 Å². The quantitative estimate of drug-likeness (QED) is 0.550. The number of methoxy groups -OCH3 is 1. The van der Waals surface area contributed by atoms with Gasteiger partial charge in [0.05, 0.1) is 13.7 Å². The van der Waals surface area contributed by atoms with Crippen molar-refractivity contribution in [3.8, 4) is 11.5 Å². The predicted molar refractivity (Wildman–Crippen MR) is 107 cm³/mol. The standard InChI is InChI=1S/C20H34N4O2/c1-5-12-24-13-10-17(11-14-24)23-20(21-3)22-15-16(2)26-19-9-7-6-8-18(19)25-4/h6-9,16-17H,5,10-15H2,1-4H3,(H2,21,22,23). The molecule has 146 valence electrons. The van der Waals surface area contributed by atoms with E-state index in [1.165, 1.54) is 13.0 Å². The molecule has 6 nitrogen and oxygen atoms in total. The van der Waals surface area contributed by atoms with Crippen molar-refractivity contribution >= 4 is 5.96 Å². The minimum absolute atomic E-state index is 0.00347. The zero-order chi connectivity index (χ0) is 18.8. The topological polar surface area (TPSA) is 58.1 Å². The first-order valence-electron chi connectivity index (χ1n) is 9.65. The van der Waals surface area contributed by atoms with Crippen LogP contribution in [0.5, 0.6) is 11.5 Å². The van der Waals surface area contributed by atoms with Crippen LogP contribution in [0.1, 0.15) is 33.1 Å². The van der Waals surface area contributed by atoms with Crippen LogP contribution in [0.4, 0.5) is 0 Å². The van der Waals surface area contributed by atoms with E-state index in [0.29, 0.717) is 12.6 Å². The lowest BCUT2D eigenvalue weighted by atomic mass is 10.1. The fourth-order valence-electron chi connectivity index (χ4n) is 3.22. The summed E-state index contributed by atoms with van der Waals surface area (Å²) in [6.07, 6.45) is 3.55. The van der Waals surface area contributed by atoms with Crippen LogP contribution in [-0.4, -0.2) is 63.3 Å². The molecule has 26 heavy (non-hydrogen) atoms. The summed E-state index contributed by atoms with van der Waals surface area (Å²) in [6.45, 7) is 8.48. The van der Waals surface area contributed by atoms with Crippen molar-refractivity contribution in [2.45, 2.75) is 45.3 Å². The number of hydrogen-bond donors (Lipinski definition) is 2. The number of ether oxygens (including phenoxy) is 2. The van der Waals surface area contributed by atoms with E-state index in [1.54, 1.807) is 7.11 Å². The number of nitrogens with one attached hydrogen (secondary N) is 2. The van der Waals surface area contributed by atoms with Crippen LogP contribution in [0.15, 0.2) is 29.3 Å². The summed E-state index contributed by atoms with van der Waals surface area (Å²) in [5.74, 6) is 2.35. The van der Waals surface area contributed by atoms with Crippen molar-refractivity contribution in [1.29, 1.82) is 0 Å². The summed E-state index contributed by atoms with van der Waals surface area (Å²) < 4.78 is 11.3. The zero-order valence-corrected chi connectivity index (χ0v) is 16.6. The molecule has 1 heterocycles. The minimum Gasteiger partial charge on any atom is -0.493 e. The van der Waals surface area contributed by atoms with Crippen molar-refractivity contribution in [2.75, 3.05) is 40.3 Å². The zero-order valence-electron chi connectivity index (χ0n) is 16.6. The molecular weight excluding hydrogens is 328 g/mol. The van der Waals surface area contributed by atoms with Crippen LogP contribution in [-0.2, 0) is 0 Å². The van der Waals surface area contributed by atoms with E-state index < -0.39 is 0 Å². The van der Waals surface area contributed by atoms with E-state index in [2.05, 4.69) is 27.4 Å². The fourth-order valence-corrected chi connectivity index (χ4v) is 3.22. The van der Waals surface area contributed by atoms with Gasteiger partial charge in [0, 0.05) is 26.2 Å².